The van der Waals surface area contributed by atoms with Crippen LogP contribution in [0.25, 0.3) is 0 Å². The van der Waals surface area contributed by atoms with Gasteiger partial charge in [0.15, 0.2) is 5.72 Å². The minimum Gasteiger partial charge on any atom is -0.444 e. The average molecular weight is 171 g/mol. The van der Waals surface area contributed by atoms with Gasteiger partial charge in [0, 0.05) is 19.8 Å². The third-order valence-corrected chi connectivity index (χ3v) is 2.46. The van der Waals surface area contributed by atoms with Gasteiger partial charge in [-0.05, 0) is 19.9 Å². The Morgan fingerprint density at radius 3 is 2.33 bits per heavy atom. The lowest BCUT2D eigenvalue weighted by atomic mass is 9.92. The SMILES string of the molecule is CNC1(OC(C)=O)CCCCC1. The fourth-order valence-electron chi connectivity index (χ4n) is 1.80. The normalized spacial score (nSPS) is 21.8. The van der Waals surface area contributed by atoms with Gasteiger partial charge in [0.05, 0.1) is 0 Å². The summed E-state index contributed by atoms with van der Waals surface area (Å²) in [5.74, 6) is -0.189. The van der Waals surface area contributed by atoms with Crippen molar-refractivity contribution in [2.24, 2.45) is 0 Å². The van der Waals surface area contributed by atoms with Gasteiger partial charge in [-0.2, -0.15) is 0 Å². The van der Waals surface area contributed by atoms with E-state index in [0.29, 0.717) is 0 Å². The minimum absolute atomic E-state index is 0.189. The minimum atomic E-state index is -0.357. The van der Waals surface area contributed by atoms with Crippen molar-refractivity contribution >= 4 is 5.97 Å². The first kappa shape index (κ1) is 9.52. The molecule has 0 aromatic heterocycles. The summed E-state index contributed by atoms with van der Waals surface area (Å²) < 4.78 is 5.28. The molecule has 0 aromatic carbocycles. The van der Waals surface area contributed by atoms with Crippen LogP contribution in [0, 0.1) is 0 Å². The number of hydrogen-bond donors (Lipinski definition) is 1. The first-order valence-corrected chi connectivity index (χ1v) is 4.57. The van der Waals surface area contributed by atoms with Crippen molar-refractivity contribution in [2.45, 2.75) is 44.8 Å². The van der Waals surface area contributed by atoms with Crippen LogP contribution >= 0.6 is 0 Å². The van der Waals surface area contributed by atoms with Crippen LogP contribution in [0.3, 0.4) is 0 Å². The smallest absolute Gasteiger partial charge is 0.304 e. The Bertz CT molecular complexity index is 162. The van der Waals surface area contributed by atoms with Gasteiger partial charge in [-0.1, -0.05) is 6.42 Å². The van der Waals surface area contributed by atoms with Gasteiger partial charge >= 0.3 is 5.97 Å². The molecule has 1 aliphatic carbocycles. The molecule has 0 bridgehead atoms. The third-order valence-electron chi connectivity index (χ3n) is 2.46. The molecule has 0 unspecified atom stereocenters. The molecule has 1 rings (SSSR count). The highest BCUT2D eigenvalue weighted by Gasteiger charge is 2.32. The second-order valence-electron chi connectivity index (χ2n) is 3.40. The maximum absolute atomic E-state index is 10.8. The van der Waals surface area contributed by atoms with Crippen molar-refractivity contribution in [2.75, 3.05) is 7.05 Å². The maximum Gasteiger partial charge on any atom is 0.304 e. The fourth-order valence-corrected chi connectivity index (χ4v) is 1.80. The molecule has 1 aliphatic rings. The molecule has 0 aromatic rings. The molecule has 0 heterocycles. The van der Waals surface area contributed by atoms with Crippen LogP contribution in [0.5, 0.6) is 0 Å². The molecular formula is C9H17NO2. The van der Waals surface area contributed by atoms with Crippen LogP contribution in [0.15, 0.2) is 0 Å². The zero-order valence-corrected chi connectivity index (χ0v) is 7.85. The molecule has 0 amide bonds. The van der Waals surface area contributed by atoms with Gasteiger partial charge in [-0.15, -0.1) is 0 Å². The largest absolute Gasteiger partial charge is 0.444 e. The van der Waals surface area contributed by atoms with Crippen molar-refractivity contribution in [3.05, 3.63) is 0 Å². The van der Waals surface area contributed by atoms with E-state index in [0.717, 1.165) is 25.7 Å². The van der Waals surface area contributed by atoms with E-state index >= 15 is 0 Å². The van der Waals surface area contributed by atoms with Crippen LogP contribution in [0.1, 0.15) is 39.0 Å². The van der Waals surface area contributed by atoms with Crippen molar-refractivity contribution < 1.29 is 9.53 Å². The molecular weight excluding hydrogens is 154 g/mol. The molecule has 1 N–H and O–H groups in total. The Morgan fingerprint density at radius 1 is 1.33 bits per heavy atom. The number of carbonyl (C=O) groups excluding carboxylic acids is 1. The van der Waals surface area contributed by atoms with E-state index in [9.17, 15) is 4.79 Å². The van der Waals surface area contributed by atoms with Gasteiger partial charge in [-0.3, -0.25) is 10.1 Å². The summed E-state index contributed by atoms with van der Waals surface area (Å²) in [6, 6.07) is 0. The molecule has 0 radical (unpaired) electrons. The van der Waals surface area contributed by atoms with Crippen LogP contribution in [0.2, 0.25) is 0 Å². The summed E-state index contributed by atoms with van der Waals surface area (Å²) in [4.78, 5) is 10.8. The Hall–Kier alpha value is -0.570. The van der Waals surface area contributed by atoms with Gasteiger partial charge in [0.25, 0.3) is 0 Å². The van der Waals surface area contributed by atoms with Crippen LogP contribution in [-0.4, -0.2) is 18.7 Å². The highest BCUT2D eigenvalue weighted by molar-refractivity contribution is 5.66. The van der Waals surface area contributed by atoms with E-state index in [1.54, 1.807) is 0 Å². The highest BCUT2D eigenvalue weighted by Crippen LogP contribution is 2.28. The monoisotopic (exact) mass is 171 g/mol. The Balaban J connectivity index is 2.53. The van der Waals surface area contributed by atoms with E-state index in [1.807, 2.05) is 7.05 Å². The van der Waals surface area contributed by atoms with Crippen molar-refractivity contribution in [3.63, 3.8) is 0 Å². The summed E-state index contributed by atoms with van der Waals surface area (Å²) in [5.41, 5.74) is -0.357. The van der Waals surface area contributed by atoms with Crippen molar-refractivity contribution in [3.8, 4) is 0 Å². The summed E-state index contributed by atoms with van der Waals surface area (Å²) in [6.07, 6.45) is 5.44. The quantitative estimate of drug-likeness (QED) is 0.504. The summed E-state index contributed by atoms with van der Waals surface area (Å²) in [7, 11) is 1.86. The van der Waals surface area contributed by atoms with E-state index in [2.05, 4.69) is 5.32 Å². The Labute approximate surface area is 73.5 Å². The molecule has 1 fully saturated rings. The molecule has 0 saturated heterocycles. The second-order valence-corrected chi connectivity index (χ2v) is 3.40. The first-order chi connectivity index (χ1) is 5.68. The van der Waals surface area contributed by atoms with E-state index in [-0.39, 0.29) is 11.7 Å². The van der Waals surface area contributed by atoms with E-state index in [1.165, 1.54) is 13.3 Å². The van der Waals surface area contributed by atoms with Crippen molar-refractivity contribution in [1.82, 2.24) is 5.32 Å². The molecule has 3 nitrogen and oxygen atoms in total. The lowest BCUT2D eigenvalue weighted by Crippen LogP contribution is -2.48. The van der Waals surface area contributed by atoms with Crippen molar-refractivity contribution in [1.29, 1.82) is 0 Å². The average Bonchev–Trinajstić information content (AvgIpc) is 2.05. The zero-order valence-electron chi connectivity index (χ0n) is 7.85. The van der Waals surface area contributed by atoms with Crippen LogP contribution < -0.4 is 5.32 Å². The summed E-state index contributed by atoms with van der Waals surface area (Å²) >= 11 is 0. The fraction of sp³-hybridized carbons (Fsp3) is 0.889. The molecule has 12 heavy (non-hydrogen) atoms. The summed E-state index contributed by atoms with van der Waals surface area (Å²) in [6.45, 7) is 1.47. The molecule has 0 spiro atoms. The van der Waals surface area contributed by atoms with Gasteiger partial charge in [0.2, 0.25) is 0 Å². The third kappa shape index (κ3) is 2.21. The molecule has 0 atom stereocenters. The molecule has 3 heteroatoms. The summed E-state index contributed by atoms with van der Waals surface area (Å²) in [5, 5.41) is 3.11. The number of nitrogens with one attached hydrogen (secondary N) is 1. The lowest BCUT2D eigenvalue weighted by molar-refractivity contribution is -0.164. The Kier molecular flexibility index (Phi) is 3.09. The van der Waals surface area contributed by atoms with Crippen LogP contribution in [-0.2, 0) is 9.53 Å². The number of esters is 1. The molecule has 1 saturated carbocycles. The van der Waals surface area contributed by atoms with Gasteiger partial charge < -0.3 is 4.74 Å². The number of carbonyl (C=O) groups is 1. The van der Waals surface area contributed by atoms with E-state index in [4.69, 9.17) is 4.74 Å². The number of rotatable bonds is 2. The predicted molar refractivity (Wildman–Crippen MR) is 46.6 cm³/mol. The number of ether oxygens (including phenoxy) is 1. The van der Waals surface area contributed by atoms with Gasteiger partial charge in [0.1, 0.15) is 0 Å². The zero-order chi connectivity index (χ0) is 9.03. The number of hydrogen-bond acceptors (Lipinski definition) is 3. The van der Waals surface area contributed by atoms with Crippen LogP contribution in [0.4, 0.5) is 0 Å². The topological polar surface area (TPSA) is 38.3 Å². The lowest BCUT2D eigenvalue weighted by Gasteiger charge is -2.35. The van der Waals surface area contributed by atoms with E-state index < -0.39 is 0 Å². The Morgan fingerprint density at radius 2 is 1.92 bits per heavy atom. The molecule has 70 valence electrons. The first-order valence-electron chi connectivity index (χ1n) is 4.57. The van der Waals surface area contributed by atoms with Gasteiger partial charge in [-0.25, -0.2) is 0 Å². The second kappa shape index (κ2) is 3.90. The predicted octanol–water partition coefficient (Wildman–Crippen LogP) is 1.43. The maximum atomic E-state index is 10.8. The highest BCUT2D eigenvalue weighted by atomic mass is 16.6. The standard InChI is InChI=1S/C9H17NO2/c1-8(11)12-9(10-2)6-4-3-5-7-9/h10H,3-7H2,1-2H3. The molecule has 0 aliphatic heterocycles.